The van der Waals surface area contributed by atoms with Crippen molar-refractivity contribution in [2.75, 3.05) is 0 Å². The third kappa shape index (κ3) is 3.11. The number of aryl methyl sites for hydroxylation is 1. The van der Waals surface area contributed by atoms with E-state index in [0.717, 1.165) is 11.1 Å². The highest BCUT2D eigenvalue weighted by molar-refractivity contribution is 5.97. The van der Waals surface area contributed by atoms with Crippen LogP contribution in [0.5, 0.6) is 0 Å². The molecule has 0 bridgehead atoms. The van der Waals surface area contributed by atoms with E-state index >= 15 is 0 Å². The van der Waals surface area contributed by atoms with Crippen LogP contribution in [0.1, 0.15) is 34.5 Å². The van der Waals surface area contributed by atoms with Crippen LogP contribution in [0.4, 0.5) is 0 Å². The Balaban J connectivity index is 1.86. The third-order valence-electron chi connectivity index (χ3n) is 3.75. The van der Waals surface area contributed by atoms with Crippen LogP contribution in [-0.2, 0) is 0 Å². The van der Waals surface area contributed by atoms with Crippen molar-refractivity contribution in [1.82, 2.24) is 25.5 Å². The second kappa shape index (κ2) is 6.39. The Labute approximate surface area is 134 Å². The molecule has 0 saturated heterocycles. The van der Waals surface area contributed by atoms with Crippen LogP contribution < -0.4 is 5.32 Å². The van der Waals surface area contributed by atoms with Crippen LogP contribution in [0.15, 0.2) is 54.9 Å². The Bertz CT molecular complexity index is 813. The van der Waals surface area contributed by atoms with Crippen molar-refractivity contribution in [3.63, 3.8) is 0 Å². The Kier molecular flexibility index (Phi) is 4.14. The highest BCUT2D eigenvalue weighted by Crippen LogP contribution is 2.19. The van der Waals surface area contributed by atoms with Gasteiger partial charge in [-0.2, -0.15) is 4.68 Å². The zero-order valence-corrected chi connectivity index (χ0v) is 13.0. The second-order valence-corrected chi connectivity index (χ2v) is 5.32. The molecule has 3 aromatic rings. The fraction of sp³-hybridized carbons (Fsp3) is 0.176. The number of benzene rings is 2. The summed E-state index contributed by atoms with van der Waals surface area (Å²) in [5, 5.41) is 14.1. The summed E-state index contributed by atoms with van der Waals surface area (Å²) >= 11 is 0. The quantitative estimate of drug-likeness (QED) is 0.803. The van der Waals surface area contributed by atoms with Gasteiger partial charge in [0.15, 0.2) is 0 Å². The summed E-state index contributed by atoms with van der Waals surface area (Å²) in [6, 6.07) is 15.2. The molecule has 23 heavy (non-hydrogen) atoms. The van der Waals surface area contributed by atoms with Gasteiger partial charge in [0.2, 0.25) is 0 Å². The summed E-state index contributed by atoms with van der Waals surface area (Å²) in [5.41, 5.74) is 3.42. The Morgan fingerprint density at radius 1 is 1.13 bits per heavy atom. The summed E-state index contributed by atoms with van der Waals surface area (Å²) in [7, 11) is 0. The van der Waals surface area contributed by atoms with Crippen LogP contribution in [0.2, 0.25) is 0 Å². The maximum atomic E-state index is 12.7. The van der Waals surface area contributed by atoms with Gasteiger partial charge in [-0.3, -0.25) is 4.79 Å². The number of nitrogens with zero attached hydrogens (tertiary/aromatic N) is 4. The molecule has 116 valence electrons. The monoisotopic (exact) mass is 307 g/mol. The molecule has 2 aromatic carbocycles. The van der Waals surface area contributed by atoms with E-state index in [1.807, 2.05) is 56.3 Å². The standard InChI is InChI=1S/C17H17N5O/c1-12-7-3-4-8-14(12)13(2)19-17(23)15-9-5-6-10-16(15)22-11-18-20-21-22/h3-11,13H,1-2H3,(H,19,23). The lowest BCUT2D eigenvalue weighted by Crippen LogP contribution is -2.28. The van der Waals surface area contributed by atoms with Gasteiger partial charge in [-0.15, -0.1) is 5.10 Å². The first kappa shape index (κ1) is 14.9. The lowest BCUT2D eigenvalue weighted by molar-refractivity contribution is 0.0939. The zero-order valence-electron chi connectivity index (χ0n) is 13.0. The first-order valence-electron chi connectivity index (χ1n) is 7.35. The molecule has 6 nitrogen and oxygen atoms in total. The number of carbonyl (C=O) groups excluding carboxylic acids is 1. The molecule has 1 aromatic heterocycles. The van der Waals surface area contributed by atoms with Crippen LogP contribution in [-0.4, -0.2) is 26.1 Å². The van der Waals surface area contributed by atoms with Crippen LogP contribution in [0.3, 0.4) is 0 Å². The van der Waals surface area contributed by atoms with E-state index in [0.29, 0.717) is 11.3 Å². The highest BCUT2D eigenvalue weighted by atomic mass is 16.1. The molecular formula is C17H17N5O. The lowest BCUT2D eigenvalue weighted by Gasteiger charge is -2.17. The summed E-state index contributed by atoms with van der Waals surface area (Å²) in [4.78, 5) is 12.7. The summed E-state index contributed by atoms with van der Waals surface area (Å²) in [5.74, 6) is -0.160. The van der Waals surface area contributed by atoms with Gasteiger partial charge < -0.3 is 5.32 Å². The topological polar surface area (TPSA) is 72.7 Å². The molecule has 0 radical (unpaired) electrons. The van der Waals surface area contributed by atoms with E-state index in [1.54, 1.807) is 6.07 Å². The number of aromatic nitrogens is 4. The fourth-order valence-corrected chi connectivity index (χ4v) is 2.56. The van der Waals surface area contributed by atoms with E-state index in [1.165, 1.54) is 11.0 Å². The van der Waals surface area contributed by atoms with Gasteiger partial charge in [0.1, 0.15) is 6.33 Å². The molecule has 1 heterocycles. The number of hydrogen-bond acceptors (Lipinski definition) is 4. The van der Waals surface area contributed by atoms with Crippen molar-refractivity contribution in [3.05, 3.63) is 71.5 Å². The van der Waals surface area contributed by atoms with Gasteiger partial charge in [0.05, 0.1) is 17.3 Å². The van der Waals surface area contributed by atoms with Crippen molar-refractivity contribution in [3.8, 4) is 5.69 Å². The molecule has 0 aliphatic carbocycles. The summed E-state index contributed by atoms with van der Waals surface area (Å²) in [6.07, 6.45) is 1.47. The minimum atomic E-state index is -0.160. The van der Waals surface area contributed by atoms with Crippen LogP contribution in [0, 0.1) is 6.92 Å². The third-order valence-corrected chi connectivity index (χ3v) is 3.75. The molecule has 0 aliphatic heterocycles. The summed E-state index contributed by atoms with van der Waals surface area (Å²) < 4.78 is 1.48. The van der Waals surface area contributed by atoms with Gasteiger partial charge in [-0.1, -0.05) is 36.4 Å². The number of nitrogens with one attached hydrogen (secondary N) is 1. The molecule has 0 saturated carbocycles. The average Bonchev–Trinajstić information content (AvgIpc) is 3.09. The van der Waals surface area contributed by atoms with Crippen molar-refractivity contribution in [2.24, 2.45) is 0 Å². The minimum absolute atomic E-state index is 0.0920. The van der Waals surface area contributed by atoms with Crippen molar-refractivity contribution in [2.45, 2.75) is 19.9 Å². The van der Waals surface area contributed by atoms with E-state index in [-0.39, 0.29) is 11.9 Å². The molecule has 1 atom stereocenters. The Hall–Kier alpha value is -3.02. The van der Waals surface area contributed by atoms with Gasteiger partial charge in [0, 0.05) is 0 Å². The molecule has 1 unspecified atom stereocenters. The number of para-hydroxylation sites is 1. The van der Waals surface area contributed by atoms with Crippen LogP contribution in [0.25, 0.3) is 5.69 Å². The fourth-order valence-electron chi connectivity index (χ4n) is 2.56. The predicted molar refractivity (Wildman–Crippen MR) is 86.2 cm³/mol. The van der Waals surface area contributed by atoms with Gasteiger partial charge in [-0.05, 0) is 47.5 Å². The van der Waals surface area contributed by atoms with Gasteiger partial charge in [0.25, 0.3) is 5.91 Å². The van der Waals surface area contributed by atoms with E-state index < -0.39 is 0 Å². The largest absolute Gasteiger partial charge is 0.345 e. The lowest BCUT2D eigenvalue weighted by atomic mass is 10.0. The SMILES string of the molecule is Cc1ccccc1C(C)NC(=O)c1ccccc1-n1cnnn1. The molecule has 6 heteroatoms. The number of tetrazole rings is 1. The second-order valence-electron chi connectivity index (χ2n) is 5.32. The molecule has 0 aliphatic rings. The first-order chi connectivity index (χ1) is 11.2. The Morgan fingerprint density at radius 3 is 2.61 bits per heavy atom. The maximum absolute atomic E-state index is 12.7. The van der Waals surface area contributed by atoms with Gasteiger partial charge >= 0.3 is 0 Å². The van der Waals surface area contributed by atoms with Crippen molar-refractivity contribution >= 4 is 5.91 Å². The van der Waals surface area contributed by atoms with Crippen LogP contribution >= 0.6 is 0 Å². The number of hydrogen-bond donors (Lipinski definition) is 1. The zero-order chi connectivity index (χ0) is 16.2. The normalized spacial score (nSPS) is 11.9. The molecular weight excluding hydrogens is 290 g/mol. The molecule has 0 fully saturated rings. The number of rotatable bonds is 4. The van der Waals surface area contributed by atoms with Crippen molar-refractivity contribution in [1.29, 1.82) is 0 Å². The van der Waals surface area contributed by atoms with E-state index in [2.05, 4.69) is 20.8 Å². The first-order valence-corrected chi connectivity index (χ1v) is 7.35. The highest BCUT2D eigenvalue weighted by Gasteiger charge is 2.16. The molecule has 1 N–H and O–H groups in total. The van der Waals surface area contributed by atoms with Crippen molar-refractivity contribution < 1.29 is 4.79 Å². The number of carbonyl (C=O) groups is 1. The number of amides is 1. The summed E-state index contributed by atoms with van der Waals surface area (Å²) in [6.45, 7) is 4.01. The Morgan fingerprint density at radius 2 is 1.87 bits per heavy atom. The molecule has 3 rings (SSSR count). The minimum Gasteiger partial charge on any atom is -0.345 e. The molecule has 1 amide bonds. The van der Waals surface area contributed by atoms with E-state index in [4.69, 9.17) is 0 Å². The van der Waals surface area contributed by atoms with Gasteiger partial charge in [-0.25, -0.2) is 0 Å². The average molecular weight is 307 g/mol. The smallest absolute Gasteiger partial charge is 0.253 e. The maximum Gasteiger partial charge on any atom is 0.253 e. The predicted octanol–water partition coefficient (Wildman–Crippen LogP) is 2.46. The molecule has 0 spiro atoms. The van der Waals surface area contributed by atoms with E-state index in [9.17, 15) is 4.79 Å².